The van der Waals surface area contributed by atoms with Gasteiger partial charge in [-0.3, -0.25) is 4.79 Å². The topological polar surface area (TPSA) is 98.7 Å². The zero-order valence-electron chi connectivity index (χ0n) is 21.4. The number of ether oxygens (including phenoxy) is 2. The summed E-state index contributed by atoms with van der Waals surface area (Å²) < 4.78 is 41.6. The van der Waals surface area contributed by atoms with Gasteiger partial charge in [0, 0.05) is 24.2 Å². The number of carbonyl (C=O) groups excluding carboxylic acids is 2. The predicted molar refractivity (Wildman–Crippen MR) is 138 cm³/mol. The molecule has 0 bridgehead atoms. The van der Waals surface area contributed by atoms with Crippen molar-refractivity contribution in [2.45, 2.75) is 75.5 Å². The number of esters is 1. The Labute approximate surface area is 217 Å². The Balaban J connectivity index is 1.59. The Hall–Kier alpha value is -2.92. The van der Waals surface area contributed by atoms with Crippen LogP contribution in [0.15, 0.2) is 22.0 Å². The Bertz CT molecular complexity index is 1330. The van der Waals surface area contributed by atoms with Gasteiger partial charge in [-0.05, 0) is 53.5 Å². The van der Waals surface area contributed by atoms with Crippen molar-refractivity contribution in [1.29, 1.82) is 0 Å². The average molecular weight is 536 g/mol. The molecule has 37 heavy (non-hydrogen) atoms. The third-order valence-electron chi connectivity index (χ3n) is 6.15. The fourth-order valence-electron chi connectivity index (χ4n) is 4.62. The highest BCUT2D eigenvalue weighted by Crippen LogP contribution is 2.47. The lowest BCUT2D eigenvalue weighted by Crippen LogP contribution is -2.40. The highest BCUT2D eigenvalue weighted by atomic mass is 32.2. The van der Waals surface area contributed by atoms with Crippen molar-refractivity contribution in [3.05, 3.63) is 45.1 Å². The van der Waals surface area contributed by atoms with E-state index in [4.69, 9.17) is 9.47 Å². The van der Waals surface area contributed by atoms with Crippen LogP contribution in [0.4, 0.5) is 13.6 Å². The summed E-state index contributed by atoms with van der Waals surface area (Å²) in [5.41, 5.74) is -1.22. The van der Waals surface area contributed by atoms with Crippen LogP contribution in [-0.2, 0) is 9.47 Å². The van der Waals surface area contributed by atoms with Crippen molar-refractivity contribution >= 4 is 40.8 Å². The molecule has 3 heterocycles. The average Bonchev–Trinajstić information content (AvgIpc) is 3.22. The van der Waals surface area contributed by atoms with Crippen LogP contribution in [-0.4, -0.2) is 47.5 Å². The number of amides is 1. The number of benzene rings is 1. The number of alkyl carbamates (subject to hydrolysis) is 1. The number of aromatic nitrogens is 1. The van der Waals surface area contributed by atoms with Crippen LogP contribution in [0.5, 0.6) is 0 Å². The lowest BCUT2D eigenvalue weighted by atomic mass is 10.0. The number of halogens is 2. The van der Waals surface area contributed by atoms with Crippen molar-refractivity contribution in [3.63, 3.8) is 0 Å². The molecule has 2 aliphatic heterocycles. The number of fused-ring (bicyclic) bond motifs is 3. The molecule has 8 nitrogen and oxygen atoms in total. The normalized spacial score (nSPS) is 21.1. The van der Waals surface area contributed by atoms with Crippen LogP contribution in [0.25, 0.3) is 17.0 Å². The van der Waals surface area contributed by atoms with E-state index < -0.39 is 34.7 Å². The molecular formula is C26H31F2N3O5S. The lowest BCUT2D eigenvalue weighted by Gasteiger charge is -2.33. The molecular weight excluding hydrogens is 504 g/mol. The SMILES string of the molecule is CCOC(=O)c1c2n(c3c(C=CCC4CC(NC(=O)OC(C)(C)C)CN4)c(F)c(F)cc3c1=O)C(C)S2. The van der Waals surface area contributed by atoms with Crippen LogP contribution in [0, 0.1) is 11.6 Å². The molecule has 1 fully saturated rings. The third kappa shape index (κ3) is 5.52. The van der Waals surface area contributed by atoms with Gasteiger partial charge in [-0.15, -0.1) is 0 Å². The highest BCUT2D eigenvalue weighted by Gasteiger charge is 2.35. The molecule has 0 spiro atoms. The van der Waals surface area contributed by atoms with Crippen molar-refractivity contribution in [2.24, 2.45) is 0 Å². The van der Waals surface area contributed by atoms with Gasteiger partial charge >= 0.3 is 12.1 Å². The number of nitrogens with one attached hydrogen (secondary N) is 2. The van der Waals surface area contributed by atoms with Crippen LogP contribution < -0.4 is 16.1 Å². The van der Waals surface area contributed by atoms with Gasteiger partial charge in [-0.2, -0.15) is 0 Å². The minimum atomic E-state index is -1.17. The summed E-state index contributed by atoms with van der Waals surface area (Å²) in [5.74, 6) is -3.00. The summed E-state index contributed by atoms with van der Waals surface area (Å²) in [5, 5.41) is 6.27. The molecule has 1 aromatic carbocycles. The molecule has 1 amide bonds. The van der Waals surface area contributed by atoms with E-state index in [1.54, 1.807) is 38.3 Å². The summed E-state index contributed by atoms with van der Waals surface area (Å²) in [6, 6.07) is 0.744. The largest absolute Gasteiger partial charge is 0.462 e. The molecule has 1 aromatic heterocycles. The molecule has 0 saturated carbocycles. The molecule has 0 aliphatic carbocycles. The van der Waals surface area contributed by atoms with Gasteiger partial charge in [0.1, 0.15) is 11.2 Å². The van der Waals surface area contributed by atoms with Crippen molar-refractivity contribution in [2.75, 3.05) is 13.2 Å². The van der Waals surface area contributed by atoms with Gasteiger partial charge in [0.25, 0.3) is 0 Å². The van der Waals surface area contributed by atoms with Crippen LogP contribution in [0.1, 0.15) is 68.8 Å². The van der Waals surface area contributed by atoms with E-state index in [2.05, 4.69) is 10.6 Å². The van der Waals surface area contributed by atoms with Crippen LogP contribution in [0.2, 0.25) is 0 Å². The third-order valence-corrected chi connectivity index (χ3v) is 7.32. The number of rotatable bonds is 6. The van der Waals surface area contributed by atoms with Crippen molar-refractivity contribution in [3.8, 4) is 0 Å². The first-order valence-corrected chi connectivity index (χ1v) is 13.1. The summed E-state index contributed by atoms with van der Waals surface area (Å²) >= 11 is 1.30. The zero-order chi connectivity index (χ0) is 27.1. The summed E-state index contributed by atoms with van der Waals surface area (Å²) in [6.07, 6.45) is 3.84. The molecule has 11 heteroatoms. The van der Waals surface area contributed by atoms with Gasteiger partial charge < -0.3 is 24.7 Å². The van der Waals surface area contributed by atoms with E-state index >= 15 is 4.39 Å². The summed E-state index contributed by atoms with van der Waals surface area (Å²) in [7, 11) is 0. The van der Waals surface area contributed by atoms with Gasteiger partial charge in [-0.1, -0.05) is 23.9 Å². The maximum Gasteiger partial charge on any atom is 0.407 e. The first kappa shape index (κ1) is 27.1. The zero-order valence-corrected chi connectivity index (χ0v) is 22.3. The van der Waals surface area contributed by atoms with E-state index in [1.807, 2.05) is 6.92 Å². The maximum absolute atomic E-state index is 15.0. The van der Waals surface area contributed by atoms with E-state index in [1.165, 1.54) is 17.8 Å². The minimum Gasteiger partial charge on any atom is -0.462 e. The molecule has 1 saturated heterocycles. The fraction of sp³-hybridized carbons (Fsp3) is 0.500. The molecule has 2 aliphatic rings. The monoisotopic (exact) mass is 535 g/mol. The number of nitrogens with zero attached hydrogens (tertiary/aromatic N) is 1. The van der Waals surface area contributed by atoms with Gasteiger partial charge in [0.15, 0.2) is 11.6 Å². The molecule has 200 valence electrons. The molecule has 4 rings (SSSR count). The molecule has 3 atom stereocenters. The van der Waals surface area contributed by atoms with E-state index in [9.17, 15) is 18.8 Å². The van der Waals surface area contributed by atoms with E-state index in [0.717, 1.165) is 6.07 Å². The Morgan fingerprint density at radius 3 is 2.70 bits per heavy atom. The number of hydrogen-bond donors (Lipinski definition) is 2. The molecule has 0 radical (unpaired) electrons. The second-order valence-electron chi connectivity index (χ2n) is 10.1. The maximum atomic E-state index is 15.0. The number of thioether (sulfide) groups is 1. The second-order valence-corrected chi connectivity index (χ2v) is 11.4. The van der Waals surface area contributed by atoms with Gasteiger partial charge in [0.2, 0.25) is 5.43 Å². The number of hydrogen-bond acceptors (Lipinski definition) is 7. The fourth-order valence-corrected chi connectivity index (χ4v) is 5.75. The van der Waals surface area contributed by atoms with Crippen molar-refractivity contribution in [1.82, 2.24) is 15.2 Å². The number of pyridine rings is 1. The Kier molecular flexibility index (Phi) is 7.66. The first-order chi connectivity index (χ1) is 17.4. The molecule has 3 unspecified atom stereocenters. The van der Waals surface area contributed by atoms with Crippen LogP contribution in [0.3, 0.4) is 0 Å². The molecule has 2 aromatic rings. The smallest absolute Gasteiger partial charge is 0.407 e. The lowest BCUT2D eigenvalue weighted by molar-refractivity contribution is 0.0501. The van der Waals surface area contributed by atoms with Crippen LogP contribution >= 0.6 is 11.8 Å². The van der Waals surface area contributed by atoms with Crippen molar-refractivity contribution < 1.29 is 27.8 Å². The minimum absolute atomic E-state index is 0.00891. The Morgan fingerprint density at radius 2 is 2.05 bits per heavy atom. The summed E-state index contributed by atoms with van der Waals surface area (Å²) in [4.78, 5) is 37.7. The Morgan fingerprint density at radius 1 is 1.32 bits per heavy atom. The first-order valence-electron chi connectivity index (χ1n) is 12.2. The summed E-state index contributed by atoms with van der Waals surface area (Å²) in [6.45, 7) is 9.51. The number of carbonyl (C=O) groups is 2. The van der Waals surface area contributed by atoms with Gasteiger partial charge in [-0.25, -0.2) is 18.4 Å². The predicted octanol–water partition coefficient (Wildman–Crippen LogP) is 4.74. The highest BCUT2D eigenvalue weighted by molar-refractivity contribution is 8.00. The van der Waals surface area contributed by atoms with Gasteiger partial charge in [0.05, 0.1) is 27.9 Å². The van der Waals surface area contributed by atoms with E-state index in [0.29, 0.717) is 24.4 Å². The van der Waals surface area contributed by atoms with E-state index in [-0.39, 0.29) is 46.1 Å². The standard InChI is InChI=1S/C26H31F2N3O5S/c1-6-35-24(33)19-22(32)17-11-18(27)20(28)16(21(17)31-13(2)37-23(19)31)9-7-8-14-10-15(12-29-14)30-25(34)36-26(3,4)5/h7,9,11,13-15,29H,6,8,10,12H2,1-5H3,(H,30,34). The second kappa shape index (κ2) is 10.4. The quantitative estimate of drug-likeness (QED) is 0.516. The molecule has 2 N–H and O–H groups in total.